The lowest BCUT2D eigenvalue weighted by molar-refractivity contribution is 0.0318. The van der Waals surface area contributed by atoms with Crippen molar-refractivity contribution in [2.45, 2.75) is 32.1 Å². The Morgan fingerprint density at radius 3 is 2.43 bits per heavy atom. The Balaban J connectivity index is 2.84. The Labute approximate surface area is 129 Å². The van der Waals surface area contributed by atoms with Crippen LogP contribution in [0.25, 0.3) is 0 Å². The van der Waals surface area contributed by atoms with E-state index >= 15 is 0 Å². The van der Waals surface area contributed by atoms with E-state index in [9.17, 15) is 13.2 Å². The lowest BCUT2D eigenvalue weighted by atomic mass is 10.1. The third kappa shape index (κ3) is 5.30. The molecule has 21 heavy (non-hydrogen) atoms. The smallest absolute Gasteiger partial charge is 0.338 e. The van der Waals surface area contributed by atoms with E-state index in [0.717, 1.165) is 6.42 Å². The lowest BCUT2D eigenvalue weighted by Crippen LogP contribution is -2.12. The van der Waals surface area contributed by atoms with Crippen molar-refractivity contribution in [3.63, 3.8) is 0 Å². The Morgan fingerprint density at radius 1 is 1.19 bits per heavy atom. The summed E-state index contributed by atoms with van der Waals surface area (Å²) in [7, 11) is 1.47. The average Bonchev–Trinajstić information content (AvgIpc) is 2.39. The van der Waals surface area contributed by atoms with Crippen LogP contribution in [0.15, 0.2) is 17.0 Å². The van der Waals surface area contributed by atoms with Crippen LogP contribution in [0.2, 0.25) is 0 Å². The molecule has 0 amide bonds. The van der Waals surface area contributed by atoms with Crippen LogP contribution < -0.4 is 0 Å². The van der Waals surface area contributed by atoms with Crippen LogP contribution in [-0.4, -0.2) is 34.2 Å². The van der Waals surface area contributed by atoms with Crippen molar-refractivity contribution in [2.75, 3.05) is 19.8 Å². The summed E-state index contributed by atoms with van der Waals surface area (Å²) in [6.45, 7) is 6.37. The average molecular weight is 335 g/mol. The minimum absolute atomic E-state index is 0.0710. The van der Waals surface area contributed by atoms with Gasteiger partial charge in [-0.3, -0.25) is 0 Å². The Hall–Kier alpha value is -1.11. The highest BCUT2D eigenvalue weighted by Gasteiger charge is 2.19. The molecule has 0 aliphatic rings. The highest BCUT2D eigenvalue weighted by atomic mass is 35.7. The molecule has 0 aliphatic carbocycles. The quantitative estimate of drug-likeness (QED) is 0.435. The molecule has 1 rings (SSSR count). The molecule has 0 saturated carbocycles. The second-order valence-corrected chi connectivity index (χ2v) is 7.14. The van der Waals surface area contributed by atoms with E-state index in [0.29, 0.717) is 24.3 Å². The molecular formula is C14H19ClO5S. The van der Waals surface area contributed by atoms with Crippen molar-refractivity contribution in [3.8, 4) is 0 Å². The summed E-state index contributed by atoms with van der Waals surface area (Å²) in [6.07, 6.45) is 0.891. The van der Waals surface area contributed by atoms with Crippen molar-refractivity contribution in [1.29, 1.82) is 0 Å². The largest absolute Gasteiger partial charge is 0.460 e. The molecule has 0 unspecified atom stereocenters. The minimum atomic E-state index is -3.90. The molecule has 0 bridgehead atoms. The van der Waals surface area contributed by atoms with Gasteiger partial charge in [0, 0.05) is 17.3 Å². The van der Waals surface area contributed by atoms with Crippen LogP contribution in [0.3, 0.4) is 0 Å². The van der Waals surface area contributed by atoms with Crippen LogP contribution in [0, 0.1) is 13.8 Å². The number of carbonyl (C=O) groups excluding carboxylic acids is 1. The molecule has 0 spiro atoms. The zero-order valence-corrected chi connectivity index (χ0v) is 13.9. The van der Waals surface area contributed by atoms with Crippen molar-refractivity contribution < 1.29 is 22.7 Å². The molecule has 1 aromatic carbocycles. The summed E-state index contributed by atoms with van der Waals surface area (Å²) in [6, 6.07) is 2.82. The maximum Gasteiger partial charge on any atom is 0.338 e. The highest BCUT2D eigenvalue weighted by Crippen LogP contribution is 2.24. The van der Waals surface area contributed by atoms with E-state index in [4.69, 9.17) is 20.2 Å². The van der Waals surface area contributed by atoms with Gasteiger partial charge in [-0.25, -0.2) is 13.2 Å². The fourth-order valence-electron chi connectivity index (χ4n) is 1.72. The van der Waals surface area contributed by atoms with Gasteiger partial charge in [0.25, 0.3) is 9.05 Å². The summed E-state index contributed by atoms with van der Waals surface area (Å²) >= 11 is 0. The third-order valence-electron chi connectivity index (χ3n) is 2.93. The molecule has 0 atom stereocenters. The number of hydrogen-bond acceptors (Lipinski definition) is 5. The number of esters is 1. The number of hydrogen-bond donors (Lipinski definition) is 0. The van der Waals surface area contributed by atoms with Gasteiger partial charge < -0.3 is 9.47 Å². The number of rotatable bonds is 7. The molecule has 0 heterocycles. The van der Waals surface area contributed by atoms with E-state index in [1.54, 1.807) is 19.9 Å². The van der Waals surface area contributed by atoms with E-state index in [1.165, 1.54) is 6.07 Å². The highest BCUT2D eigenvalue weighted by molar-refractivity contribution is 8.13. The van der Waals surface area contributed by atoms with Crippen LogP contribution in [-0.2, 0) is 18.5 Å². The van der Waals surface area contributed by atoms with E-state index in [2.05, 4.69) is 0 Å². The SMILES string of the molecule is CCCOCCOC(=O)c1cc(C)c(C)c(S(=O)(=O)Cl)c1. The van der Waals surface area contributed by atoms with Gasteiger partial charge in [0.2, 0.25) is 0 Å². The second kappa shape index (κ2) is 7.77. The zero-order valence-electron chi connectivity index (χ0n) is 12.3. The van der Waals surface area contributed by atoms with Crippen molar-refractivity contribution in [1.82, 2.24) is 0 Å². The second-order valence-electron chi connectivity index (χ2n) is 4.60. The van der Waals surface area contributed by atoms with Crippen LogP contribution >= 0.6 is 10.7 Å². The predicted octanol–water partition coefficient (Wildman–Crippen LogP) is 2.81. The normalized spacial score (nSPS) is 11.4. The molecule has 5 nitrogen and oxygen atoms in total. The standard InChI is InChI=1S/C14H19ClO5S/c1-4-5-19-6-7-20-14(16)12-8-10(2)11(3)13(9-12)21(15,17)18/h8-9H,4-7H2,1-3H3. The van der Waals surface area contributed by atoms with Gasteiger partial charge in [0.05, 0.1) is 17.1 Å². The summed E-state index contributed by atoms with van der Waals surface area (Å²) in [5, 5.41) is 0. The van der Waals surface area contributed by atoms with E-state index < -0.39 is 15.0 Å². The fraction of sp³-hybridized carbons (Fsp3) is 0.500. The third-order valence-corrected chi connectivity index (χ3v) is 4.38. The lowest BCUT2D eigenvalue weighted by Gasteiger charge is -2.10. The predicted molar refractivity (Wildman–Crippen MR) is 80.3 cm³/mol. The maximum atomic E-state index is 11.9. The summed E-state index contributed by atoms with van der Waals surface area (Å²) in [4.78, 5) is 11.8. The first-order valence-electron chi connectivity index (χ1n) is 6.58. The summed E-state index contributed by atoms with van der Waals surface area (Å²) in [5.41, 5.74) is 1.34. The van der Waals surface area contributed by atoms with Crippen molar-refractivity contribution in [2.24, 2.45) is 0 Å². The van der Waals surface area contributed by atoms with Gasteiger partial charge in [0.15, 0.2) is 0 Å². The van der Waals surface area contributed by atoms with Gasteiger partial charge >= 0.3 is 5.97 Å². The van der Waals surface area contributed by atoms with Gasteiger partial charge in [-0.15, -0.1) is 0 Å². The number of aryl methyl sites for hydroxylation is 1. The van der Waals surface area contributed by atoms with Gasteiger partial charge in [-0.05, 0) is 43.5 Å². The minimum Gasteiger partial charge on any atom is -0.460 e. The molecular weight excluding hydrogens is 316 g/mol. The first-order chi connectivity index (χ1) is 9.77. The van der Waals surface area contributed by atoms with Crippen molar-refractivity contribution >= 4 is 25.7 Å². The van der Waals surface area contributed by atoms with Crippen LogP contribution in [0.4, 0.5) is 0 Å². The van der Waals surface area contributed by atoms with Gasteiger partial charge in [0.1, 0.15) is 6.61 Å². The Morgan fingerprint density at radius 2 is 1.86 bits per heavy atom. The summed E-state index contributed by atoms with van der Waals surface area (Å²) < 4.78 is 33.2. The molecule has 7 heteroatoms. The zero-order chi connectivity index (χ0) is 16.0. The summed E-state index contributed by atoms with van der Waals surface area (Å²) in [5.74, 6) is -0.597. The number of benzene rings is 1. The number of ether oxygens (including phenoxy) is 2. The molecule has 0 radical (unpaired) electrons. The molecule has 0 fully saturated rings. The molecule has 0 saturated heterocycles. The number of halogens is 1. The molecule has 0 aromatic heterocycles. The van der Waals surface area contributed by atoms with Gasteiger partial charge in [-0.1, -0.05) is 6.92 Å². The Bertz CT molecular complexity index is 610. The first-order valence-corrected chi connectivity index (χ1v) is 8.89. The van der Waals surface area contributed by atoms with Crippen LogP contribution in [0.5, 0.6) is 0 Å². The monoisotopic (exact) mass is 334 g/mol. The van der Waals surface area contributed by atoms with Crippen molar-refractivity contribution in [3.05, 3.63) is 28.8 Å². The molecule has 1 aromatic rings. The first kappa shape index (κ1) is 17.9. The van der Waals surface area contributed by atoms with Crippen LogP contribution in [0.1, 0.15) is 34.8 Å². The maximum absolute atomic E-state index is 11.9. The number of carbonyl (C=O) groups is 1. The fourth-order valence-corrected chi connectivity index (χ4v) is 3.00. The van der Waals surface area contributed by atoms with E-state index in [-0.39, 0.29) is 17.1 Å². The molecule has 0 N–H and O–H groups in total. The topological polar surface area (TPSA) is 69.7 Å². The molecule has 0 aliphatic heterocycles. The van der Waals surface area contributed by atoms with Gasteiger partial charge in [-0.2, -0.15) is 0 Å². The molecule has 118 valence electrons. The Kier molecular flexibility index (Phi) is 6.64. The van der Waals surface area contributed by atoms with E-state index in [1.807, 2.05) is 6.92 Å².